The van der Waals surface area contributed by atoms with Crippen molar-refractivity contribution in [3.63, 3.8) is 0 Å². The molecule has 0 spiro atoms. The molecule has 0 unspecified atom stereocenters. The van der Waals surface area contributed by atoms with E-state index in [9.17, 15) is 14.7 Å². The molecule has 4 aromatic rings. The average Bonchev–Trinajstić information content (AvgIpc) is 3.34. The number of piperidine rings is 1. The lowest BCUT2D eigenvalue weighted by molar-refractivity contribution is -0.116. The van der Waals surface area contributed by atoms with Crippen LogP contribution >= 0.6 is 0 Å². The molecule has 2 aromatic heterocycles. The van der Waals surface area contributed by atoms with Gasteiger partial charge in [-0.1, -0.05) is 18.2 Å². The quantitative estimate of drug-likeness (QED) is 0.303. The molecular formula is C29H31N5O4. The minimum Gasteiger partial charge on any atom is -0.457 e. The highest BCUT2D eigenvalue weighted by atomic mass is 16.5. The summed E-state index contributed by atoms with van der Waals surface area (Å²) in [5, 5.41) is 16.2. The number of aliphatic hydroxyl groups is 1. The summed E-state index contributed by atoms with van der Waals surface area (Å²) in [5.74, 6) is 1.48. The fourth-order valence-corrected chi connectivity index (χ4v) is 4.56. The molecule has 3 heterocycles. The van der Waals surface area contributed by atoms with Crippen LogP contribution in [0.2, 0.25) is 0 Å². The molecular weight excluding hydrogens is 482 g/mol. The van der Waals surface area contributed by atoms with Gasteiger partial charge in [0.15, 0.2) is 0 Å². The largest absolute Gasteiger partial charge is 0.457 e. The number of rotatable bonds is 8. The Labute approximate surface area is 221 Å². The molecule has 9 heteroatoms. The number of aromatic nitrogens is 2. The lowest BCUT2D eigenvalue weighted by Gasteiger charge is -2.29. The number of hydrogen-bond acceptors (Lipinski definition) is 6. The van der Waals surface area contributed by atoms with Crippen LogP contribution in [0.4, 0.5) is 16.3 Å². The predicted octanol–water partition coefficient (Wildman–Crippen LogP) is 5.08. The van der Waals surface area contributed by atoms with Gasteiger partial charge in [-0.15, -0.1) is 0 Å². The van der Waals surface area contributed by atoms with Crippen molar-refractivity contribution in [2.75, 3.05) is 30.3 Å². The van der Waals surface area contributed by atoms with Crippen LogP contribution in [0.15, 0.2) is 79.1 Å². The van der Waals surface area contributed by atoms with E-state index in [-0.39, 0.29) is 18.0 Å². The molecule has 1 aliphatic heterocycles. The zero-order chi connectivity index (χ0) is 26.3. The molecule has 2 amide bonds. The zero-order valence-corrected chi connectivity index (χ0v) is 21.0. The molecule has 0 bridgehead atoms. The second-order valence-electron chi connectivity index (χ2n) is 9.41. The summed E-state index contributed by atoms with van der Waals surface area (Å²) in [5.41, 5.74) is 1.48. The van der Waals surface area contributed by atoms with Gasteiger partial charge in [-0.05, 0) is 68.3 Å². The summed E-state index contributed by atoms with van der Waals surface area (Å²) < 4.78 is 7.57. The first kappa shape index (κ1) is 25.4. The number of ether oxygens (including phenoxy) is 1. The van der Waals surface area contributed by atoms with E-state index in [2.05, 4.69) is 20.5 Å². The Kier molecular flexibility index (Phi) is 7.96. The summed E-state index contributed by atoms with van der Waals surface area (Å²) in [7, 11) is 0. The lowest BCUT2D eigenvalue weighted by atomic mass is 10.1. The van der Waals surface area contributed by atoms with Gasteiger partial charge in [0.25, 0.3) is 0 Å². The number of para-hydroxylation sites is 1. The van der Waals surface area contributed by atoms with Crippen molar-refractivity contribution in [2.24, 2.45) is 0 Å². The van der Waals surface area contributed by atoms with Crippen LogP contribution in [-0.2, 0) is 4.79 Å². The van der Waals surface area contributed by atoms with Crippen LogP contribution in [0.1, 0.15) is 25.7 Å². The standard InChI is InChI=1S/C29H31N5O4/c35-23-12-16-33(17-13-23)15-4-7-28(36)32-27-20-25(10-14-30-27)38-24-8-9-26-21(19-24)11-18-34(26)29(37)31-22-5-2-1-3-6-22/h1-3,5-6,8-11,14,18-20,23,35H,4,7,12-13,15-17H2,(H,31,37)(H,30,32,36). The van der Waals surface area contributed by atoms with E-state index in [4.69, 9.17) is 4.74 Å². The van der Waals surface area contributed by atoms with Crippen molar-refractivity contribution in [1.29, 1.82) is 0 Å². The Morgan fingerprint density at radius 2 is 1.76 bits per heavy atom. The molecule has 38 heavy (non-hydrogen) atoms. The van der Waals surface area contributed by atoms with Gasteiger partial charge >= 0.3 is 6.03 Å². The van der Waals surface area contributed by atoms with Crippen LogP contribution in [0.25, 0.3) is 10.9 Å². The highest BCUT2D eigenvalue weighted by Gasteiger charge is 2.17. The van der Waals surface area contributed by atoms with Gasteiger partial charge in [-0.3, -0.25) is 9.36 Å². The molecule has 2 aromatic carbocycles. The smallest absolute Gasteiger partial charge is 0.330 e. The molecule has 1 saturated heterocycles. The highest BCUT2D eigenvalue weighted by Crippen LogP contribution is 2.27. The monoisotopic (exact) mass is 513 g/mol. The van der Waals surface area contributed by atoms with Gasteiger partial charge in [-0.25, -0.2) is 9.78 Å². The number of hydrogen-bond donors (Lipinski definition) is 3. The van der Waals surface area contributed by atoms with Gasteiger partial charge in [0.1, 0.15) is 17.3 Å². The van der Waals surface area contributed by atoms with Gasteiger partial charge in [0, 0.05) is 49.0 Å². The Bertz CT molecular complexity index is 1400. The van der Waals surface area contributed by atoms with Gasteiger partial charge < -0.3 is 25.4 Å². The summed E-state index contributed by atoms with van der Waals surface area (Å²) in [6.07, 6.45) is 5.87. The number of likely N-dealkylation sites (tertiary alicyclic amines) is 1. The second-order valence-corrected chi connectivity index (χ2v) is 9.41. The molecule has 5 rings (SSSR count). The van der Waals surface area contributed by atoms with Gasteiger partial charge in [-0.2, -0.15) is 0 Å². The van der Waals surface area contributed by atoms with E-state index < -0.39 is 0 Å². The van der Waals surface area contributed by atoms with Crippen molar-refractivity contribution >= 4 is 34.3 Å². The van der Waals surface area contributed by atoms with Crippen LogP contribution in [0.5, 0.6) is 11.5 Å². The number of anilines is 2. The third-order valence-electron chi connectivity index (χ3n) is 6.58. The molecule has 3 N–H and O–H groups in total. The van der Waals surface area contributed by atoms with Crippen molar-refractivity contribution in [2.45, 2.75) is 31.8 Å². The Morgan fingerprint density at radius 1 is 0.974 bits per heavy atom. The number of amides is 2. The highest BCUT2D eigenvalue weighted by molar-refractivity contribution is 5.98. The maximum atomic E-state index is 12.7. The summed E-state index contributed by atoms with van der Waals surface area (Å²) >= 11 is 0. The Balaban J connectivity index is 1.16. The second kappa shape index (κ2) is 11.9. The van der Waals surface area contributed by atoms with Crippen LogP contribution in [0, 0.1) is 0 Å². The normalized spacial score (nSPS) is 14.3. The van der Waals surface area contributed by atoms with Gasteiger partial charge in [0.2, 0.25) is 5.91 Å². The van der Waals surface area contributed by atoms with Crippen molar-refractivity contribution < 1.29 is 19.4 Å². The number of nitrogens with one attached hydrogen (secondary N) is 2. The minimum absolute atomic E-state index is 0.0942. The number of carbonyl (C=O) groups excluding carboxylic acids is 2. The predicted molar refractivity (Wildman–Crippen MR) is 147 cm³/mol. The van der Waals surface area contributed by atoms with Crippen molar-refractivity contribution in [1.82, 2.24) is 14.5 Å². The molecule has 196 valence electrons. The summed E-state index contributed by atoms with van der Waals surface area (Å²) in [6, 6.07) is 19.8. The Hall–Kier alpha value is -4.21. The third-order valence-corrected chi connectivity index (χ3v) is 6.58. The third kappa shape index (κ3) is 6.56. The zero-order valence-electron chi connectivity index (χ0n) is 21.0. The molecule has 1 aliphatic rings. The topological polar surface area (TPSA) is 109 Å². The fraction of sp³-hybridized carbons (Fsp3) is 0.276. The number of benzene rings is 2. The number of fused-ring (bicyclic) bond motifs is 1. The number of carbonyl (C=O) groups is 2. The van der Waals surface area contributed by atoms with E-state index >= 15 is 0 Å². The molecule has 0 saturated carbocycles. The Morgan fingerprint density at radius 3 is 2.58 bits per heavy atom. The molecule has 1 fully saturated rings. The number of nitrogens with zero attached hydrogens (tertiary/aromatic N) is 3. The van der Waals surface area contributed by atoms with Crippen LogP contribution in [0.3, 0.4) is 0 Å². The fourth-order valence-electron chi connectivity index (χ4n) is 4.56. The summed E-state index contributed by atoms with van der Waals surface area (Å²) in [6.45, 7) is 2.59. The van der Waals surface area contributed by atoms with Crippen LogP contribution < -0.4 is 15.4 Å². The average molecular weight is 514 g/mol. The number of aliphatic hydroxyl groups excluding tert-OH is 1. The minimum atomic E-state index is -0.246. The first-order valence-electron chi connectivity index (χ1n) is 12.9. The first-order valence-corrected chi connectivity index (χ1v) is 12.9. The molecule has 0 atom stereocenters. The molecule has 0 aliphatic carbocycles. The molecule has 0 radical (unpaired) electrons. The van der Waals surface area contributed by atoms with E-state index in [1.807, 2.05) is 48.5 Å². The van der Waals surface area contributed by atoms with Crippen molar-refractivity contribution in [3.05, 3.63) is 79.1 Å². The summed E-state index contributed by atoms with van der Waals surface area (Å²) in [4.78, 5) is 31.6. The van der Waals surface area contributed by atoms with Crippen molar-refractivity contribution in [3.8, 4) is 11.5 Å². The molecule has 9 nitrogen and oxygen atoms in total. The SMILES string of the molecule is O=C(CCCN1CCC(O)CC1)Nc1cc(Oc2ccc3c(ccn3C(=O)Nc3ccccc3)c2)ccn1. The van der Waals surface area contributed by atoms with E-state index in [1.165, 1.54) is 0 Å². The maximum Gasteiger partial charge on any atom is 0.330 e. The van der Waals surface area contributed by atoms with E-state index in [0.717, 1.165) is 55.5 Å². The van der Waals surface area contributed by atoms with Crippen LogP contribution in [-0.4, -0.2) is 57.2 Å². The van der Waals surface area contributed by atoms with Gasteiger partial charge in [0.05, 0.1) is 11.6 Å². The maximum absolute atomic E-state index is 12.7. The lowest BCUT2D eigenvalue weighted by Crippen LogP contribution is -2.36. The number of pyridine rings is 1. The first-order chi connectivity index (χ1) is 18.5. The van der Waals surface area contributed by atoms with E-state index in [0.29, 0.717) is 23.7 Å². The van der Waals surface area contributed by atoms with E-state index in [1.54, 1.807) is 35.2 Å².